The standard InChI is InChI=1S/C27H18BrClN4O7/c1-2-38-24(34)14-39-25-19(29)9-15(10-21(25)33(36)37)13-30-32-26(31-20-6-4-3-5-18(20)27(32)35)23-12-16-11-17(28)7-8-22(16)40-23/h3-13H,2,14H2,1H3. The molecular formula is C27H18BrClN4O7. The smallest absolute Gasteiger partial charge is 0.344 e. The number of furan rings is 1. The maximum Gasteiger partial charge on any atom is 0.344 e. The molecular weight excluding hydrogens is 608 g/mol. The Morgan fingerprint density at radius 2 is 2.02 bits per heavy atom. The second kappa shape index (κ2) is 11.3. The highest BCUT2D eigenvalue weighted by molar-refractivity contribution is 9.10. The lowest BCUT2D eigenvalue weighted by molar-refractivity contribution is -0.385. The lowest BCUT2D eigenvalue weighted by Crippen LogP contribution is -2.20. The Kier molecular flexibility index (Phi) is 7.63. The van der Waals surface area contributed by atoms with Gasteiger partial charge in [0.2, 0.25) is 11.6 Å². The number of para-hydroxylation sites is 1. The maximum absolute atomic E-state index is 13.5. The SMILES string of the molecule is CCOC(=O)COc1c(Cl)cc(C=Nn2c(-c3cc4cc(Br)ccc4o3)nc3ccccc3c2=O)cc1[N+](=O)[O-]. The molecule has 5 rings (SSSR count). The second-order valence-corrected chi connectivity index (χ2v) is 9.63. The first-order valence-corrected chi connectivity index (χ1v) is 12.9. The van der Waals surface area contributed by atoms with Gasteiger partial charge in [-0.1, -0.05) is 39.7 Å². The van der Waals surface area contributed by atoms with Crippen LogP contribution in [0.25, 0.3) is 33.5 Å². The number of nitro groups is 1. The first kappa shape index (κ1) is 27.0. The number of carbonyl (C=O) groups excluding carboxylic acids is 1. The summed E-state index contributed by atoms with van der Waals surface area (Å²) < 4.78 is 17.9. The molecule has 0 saturated carbocycles. The summed E-state index contributed by atoms with van der Waals surface area (Å²) >= 11 is 9.70. The average Bonchev–Trinajstić information content (AvgIpc) is 3.34. The third-order valence-corrected chi connectivity index (χ3v) is 6.43. The summed E-state index contributed by atoms with van der Waals surface area (Å²) in [6.07, 6.45) is 1.23. The van der Waals surface area contributed by atoms with Crippen molar-refractivity contribution < 1.29 is 23.6 Å². The third kappa shape index (κ3) is 5.44. The molecule has 0 amide bonds. The molecule has 202 valence electrons. The highest BCUT2D eigenvalue weighted by Gasteiger charge is 2.22. The molecule has 0 aliphatic carbocycles. The van der Waals surface area contributed by atoms with Crippen LogP contribution in [-0.2, 0) is 9.53 Å². The number of benzene rings is 3. The van der Waals surface area contributed by atoms with Crippen LogP contribution in [0.5, 0.6) is 5.75 Å². The summed E-state index contributed by atoms with van der Waals surface area (Å²) in [6.45, 7) is 1.19. The van der Waals surface area contributed by atoms with Crippen LogP contribution in [-0.4, -0.2) is 40.0 Å². The zero-order chi connectivity index (χ0) is 28.4. The van der Waals surface area contributed by atoms with E-state index in [0.29, 0.717) is 22.2 Å². The van der Waals surface area contributed by atoms with E-state index in [4.69, 9.17) is 25.5 Å². The summed E-state index contributed by atoms with van der Waals surface area (Å²) in [7, 11) is 0. The van der Waals surface area contributed by atoms with Gasteiger partial charge in [0.15, 0.2) is 12.4 Å². The first-order valence-electron chi connectivity index (χ1n) is 11.8. The molecule has 5 aromatic rings. The van der Waals surface area contributed by atoms with Crippen molar-refractivity contribution in [3.05, 3.63) is 96.2 Å². The van der Waals surface area contributed by atoms with Crippen LogP contribution < -0.4 is 10.3 Å². The van der Waals surface area contributed by atoms with Crippen molar-refractivity contribution in [1.29, 1.82) is 0 Å². The highest BCUT2D eigenvalue weighted by Crippen LogP contribution is 2.36. The molecule has 0 radical (unpaired) electrons. The summed E-state index contributed by atoms with van der Waals surface area (Å²) in [5.74, 6) is -0.579. The van der Waals surface area contributed by atoms with Crippen LogP contribution in [0.3, 0.4) is 0 Å². The maximum atomic E-state index is 13.5. The van der Waals surface area contributed by atoms with Gasteiger partial charge in [0.05, 0.1) is 33.7 Å². The van der Waals surface area contributed by atoms with Gasteiger partial charge in [-0.15, -0.1) is 0 Å². The van der Waals surface area contributed by atoms with E-state index in [1.54, 1.807) is 43.3 Å². The Hall–Kier alpha value is -4.55. The molecule has 0 saturated heterocycles. The Bertz CT molecular complexity index is 1880. The van der Waals surface area contributed by atoms with Gasteiger partial charge in [-0.05, 0) is 49.4 Å². The first-order chi connectivity index (χ1) is 19.2. The number of nitrogens with zero attached hydrogens (tertiary/aromatic N) is 4. The summed E-state index contributed by atoms with van der Waals surface area (Å²) in [6, 6.07) is 16.5. The third-order valence-electron chi connectivity index (χ3n) is 5.66. The second-order valence-electron chi connectivity index (χ2n) is 8.31. The van der Waals surface area contributed by atoms with Crippen LogP contribution in [0.1, 0.15) is 12.5 Å². The fourth-order valence-electron chi connectivity index (χ4n) is 3.93. The molecule has 2 aromatic heterocycles. The summed E-state index contributed by atoms with van der Waals surface area (Å²) in [5.41, 5.74) is 0.243. The number of rotatable bonds is 8. The zero-order valence-corrected chi connectivity index (χ0v) is 23.0. The monoisotopic (exact) mass is 624 g/mol. The van der Waals surface area contributed by atoms with Gasteiger partial charge in [0.25, 0.3) is 5.56 Å². The van der Waals surface area contributed by atoms with Crippen molar-refractivity contribution in [1.82, 2.24) is 9.66 Å². The topological polar surface area (TPSA) is 139 Å². The number of aromatic nitrogens is 2. The Morgan fingerprint density at radius 1 is 1.23 bits per heavy atom. The molecule has 2 heterocycles. The van der Waals surface area contributed by atoms with E-state index in [-0.39, 0.29) is 28.8 Å². The van der Waals surface area contributed by atoms with Crippen molar-refractivity contribution in [3.8, 4) is 17.3 Å². The lowest BCUT2D eigenvalue weighted by Gasteiger charge is -2.09. The predicted octanol–water partition coefficient (Wildman–Crippen LogP) is 5.96. The van der Waals surface area contributed by atoms with Gasteiger partial charge in [0, 0.05) is 21.5 Å². The van der Waals surface area contributed by atoms with E-state index in [0.717, 1.165) is 20.6 Å². The van der Waals surface area contributed by atoms with Crippen molar-refractivity contribution in [3.63, 3.8) is 0 Å². The number of hydrogen-bond acceptors (Lipinski definition) is 9. The van der Waals surface area contributed by atoms with Crippen LogP contribution in [0.2, 0.25) is 5.02 Å². The number of hydrogen-bond donors (Lipinski definition) is 0. The molecule has 40 heavy (non-hydrogen) atoms. The van der Waals surface area contributed by atoms with Crippen LogP contribution in [0.4, 0.5) is 5.69 Å². The molecule has 0 fully saturated rings. The fourth-order valence-corrected chi connectivity index (χ4v) is 4.58. The van der Waals surface area contributed by atoms with E-state index in [1.807, 2.05) is 12.1 Å². The largest absolute Gasteiger partial charge is 0.474 e. The number of halogens is 2. The zero-order valence-electron chi connectivity index (χ0n) is 20.7. The number of carbonyl (C=O) groups is 1. The lowest BCUT2D eigenvalue weighted by atomic mass is 10.2. The molecule has 0 atom stereocenters. The number of esters is 1. The van der Waals surface area contributed by atoms with E-state index in [9.17, 15) is 19.7 Å². The molecule has 0 unspecified atom stereocenters. The van der Waals surface area contributed by atoms with Crippen LogP contribution >= 0.6 is 27.5 Å². The molecule has 3 aromatic carbocycles. The van der Waals surface area contributed by atoms with Gasteiger partial charge < -0.3 is 13.9 Å². The summed E-state index contributed by atoms with van der Waals surface area (Å²) in [4.78, 5) is 40.8. The van der Waals surface area contributed by atoms with E-state index in [1.165, 1.54) is 12.3 Å². The quantitative estimate of drug-likeness (QED) is 0.0891. The predicted molar refractivity (Wildman–Crippen MR) is 152 cm³/mol. The number of nitro benzene ring substituents is 1. The van der Waals surface area contributed by atoms with Gasteiger partial charge in [0.1, 0.15) is 5.58 Å². The minimum absolute atomic E-state index is 0.127. The van der Waals surface area contributed by atoms with E-state index < -0.39 is 28.7 Å². The van der Waals surface area contributed by atoms with Crippen LogP contribution in [0.15, 0.2) is 79.4 Å². The molecule has 0 aliphatic heterocycles. The van der Waals surface area contributed by atoms with Gasteiger partial charge >= 0.3 is 11.7 Å². The van der Waals surface area contributed by atoms with Gasteiger partial charge in [-0.3, -0.25) is 14.9 Å². The van der Waals surface area contributed by atoms with E-state index in [2.05, 4.69) is 26.0 Å². The number of ether oxygens (including phenoxy) is 2. The highest BCUT2D eigenvalue weighted by atomic mass is 79.9. The Labute approximate surface area is 238 Å². The molecule has 0 bridgehead atoms. The van der Waals surface area contributed by atoms with Crippen molar-refractivity contribution >= 4 is 67.3 Å². The van der Waals surface area contributed by atoms with Crippen molar-refractivity contribution in [2.24, 2.45) is 5.10 Å². The molecule has 0 aliphatic rings. The number of fused-ring (bicyclic) bond motifs is 2. The molecule has 11 nitrogen and oxygen atoms in total. The normalized spacial score (nSPS) is 11.4. The minimum atomic E-state index is -0.703. The average molecular weight is 626 g/mol. The Balaban J connectivity index is 1.60. The molecule has 0 spiro atoms. The molecule has 13 heteroatoms. The van der Waals surface area contributed by atoms with Gasteiger partial charge in [-0.25, -0.2) is 9.78 Å². The van der Waals surface area contributed by atoms with Crippen molar-refractivity contribution in [2.45, 2.75) is 6.92 Å². The van der Waals surface area contributed by atoms with Crippen LogP contribution in [0, 0.1) is 10.1 Å². The van der Waals surface area contributed by atoms with E-state index >= 15 is 0 Å². The fraction of sp³-hybridized carbons (Fsp3) is 0.111. The minimum Gasteiger partial charge on any atom is -0.474 e. The van der Waals surface area contributed by atoms with Crippen molar-refractivity contribution in [2.75, 3.05) is 13.2 Å². The summed E-state index contributed by atoms with van der Waals surface area (Å²) in [5, 5.41) is 17.0. The molecule has 0 N–H and O–H groups in total. The van der Waals surface area contributed by atoms with Gasteiger partial charge in [-0.2, -0.15) is 9.78 Å². The Morgan fingerprint density at radius 3 is 2.80 bits per heavy atom.